The fourth-order valence-electron chi connectivity index (χ4n) is 1.39. The molecule has 1 heterocycles. The number of hydrogen-bond donors (Lipinski definition) is 1. The molecule has 0 amide bonds. The van der Waals surface area contributed by atoms with Gasteiger partial charge in [0.1, 0.15) is 11.6 Å². The SMILES string of the molecule is CCc1nc2ccc(OC(F)F)cc2[nH]1. The van der Waals surface area contributed by atoms with E-state index in [0.29, 0.717) is 5.52 Å². The second kappa shape index (κ2) is 3.84. The predicted molar refractivity (Wildman–Crippen MR) is 52.1 cm³/mol. The van der Waals surface area contributed by atoms with Crippen molar-refractivity contribution in [1.29, 1.82) is 0 Å². The molecule has 0 bridgehead atoms. The average Bonchev–Trinajstić information content (AvgIpc) is 2.58. The van der Waals surface area contributed by atoms with E-state index in [0.717, 1.165) is 17.8 Å². The van der Waals surface area contributed by atoms with E-state index in [2.05, 4.69) is 14.7 Å². The number of aryl methyl sites for hydroxylation is 1. The summed E-state index contributed by atoms with van der Waals surface area (Å²) in [5.74, 6) is 0.975. The van der Waals surface area contributed by atoms with Crippen LogP contribution >= 0.6 is 0 Å². The molecule has 0 unspecified atom stereocenters. The zero-order chi connectivity index (χ0) is 10.8. The number of alkyl halides is 2. The maximum atomic E-state index is 11.9. The molecule has 3 nitrogen and oxygen atoms in total. The fraction of sp³-hybridized carbons (Fsp3) is 0.300. The first kappa shape index (κ1) is 9.89. The van der Waals surface area contributed by atoms with E-state index in [1.807, 2.05) is 6.92 Å². The van der Waals surface area contributed by atoms with Crippen LogP contribution in [0.5, 0.6) is 5.75 Å². The standard InChI is InChI=1S/C10H10F2N2O/c1-2-9-13-7-4-3-6(15-10(11)12)5-8(7)14-9/h3-5,10H,2H2,1H3,(H,13,14). The Morgan fingerprint density at radius 3 is 2.93 bits per heavy atom. The number of imidazole rings is 1. The molecule has 0 aliphatic rings. The number of nitrogens with zero attached hydrogens (tertiary/aromatic N) is 1. The molecule has 0 atom stereocenters. The molecular weight excluding hydrogens is 202 g/mol. The van der Waals surface area contributed by atoms with Gasteiger partial charge < -0.3 is 9.72 Å². The molecule has 0 fully saturated rings. The lowest BCUT2D eigenvalue weighted by Gasteiger charge is -2.02. The van der Waals surface area contributed by atoms with Gasteiger partial charge in [0.05, 0.1) is 11.0 Å². The molecule has 0 aliphatic heterocycles. The van der Waals surface area contributed by atoms with Crippen LogP contribution in [0.1, 0.15) is 12.7 Å². The molecule has 2 aromatic rings. The van der Waals surface area contributed by atoms with Crippen LogP contribution in [0.15, 0.2) is 18.2 Å². The molecule has 15 heavy (non-hydrogen) atoms. The van der Waals surface area contributed by atoms with Crippen molar-refractivity contribution in [3.63, 3.8) is 0 Å². The van der Waals surface area contributed by atoms with Gasteiger partial charge in [-0.05, 0) is 12.1 Å². The Kier molecular flexibility index (Phi) is 2.53. The number of rotatable bonds is 3. The van der Waals surface area contributed by atoms with E-state index in [-0.39, 0.29) is 5.75 Å². The van der Waals surface area contributed by atoms with Crippen molar-refractivity contribution in [2.45, 2.75) is 20.0 Å². The van der Waals surface area contributed by atoms with Gasteiger partial charge in [0, 0.05) is 12.5 Å². The van der Waals surface area contributed by atoms with Crippen LogP contribution in [0.3, 0.4) is 0 Å². The van der Waals surface area contributed by atoms with Crippen molar-refractivity contribution in [3.8, 4) is 5.75 Å². The number of ether oxygens (including phenoxy) is 1. The van der Waals surface area contributed by atoms with Gasteiger partial charge in [-0.25, -0.2) is 4.98 Å². The fourth-order valence-corrected chi connectivity index (χ4v) is 1.39. The Balaban J connectivity index is 2.37. The van der Waals surface area contributed by atoms with Gasteiger partial charge in [-0.15, -0.1) is 0 Å². The van der Waals surface area contributed by atoms with Crippen molar-refractivity contribution >= 4 is 11.0 Å². The summed E-state index contributed by atoms with van der Waals surface area (Å²) < 4.78 is 28.2. The highest BCUT2D eigenvalue weighted by atomic mass is 19.3. The Labute approximate surface area is 85.1 Å². The van der Waals surface area contributed by atoms with Crippen molar-refractivity contribution in [2.75, 3.05) is 0 Å². The molecule has 0 saturated heterocycles. The van der Waals surface area contributed by atoms with E-state index in [1.165, 1.54) is 12.1 Å². The Morgan fingerprint density at radius 1 is 1.47 bits per heavy atom. The number of fused-ring (bicyclic) bond motifs is 1. The van der Waals surface area contributed by atoms with Crippen LogP contribution in [-0.2, 0) is 6.42 Å². The molecule has 0 spiro atoms. The summed E-state index contributed by atoms with van der Waals surface area (Å²) in [6, 6.07) is 4.66. The maximum absolute atomic E-state index is 11.9. The molecule has 0 saturated carbocycles. The zero-order valence-corrected chi connectivity index (χ0v) is 8.13. The van der Waals surface area contributed by atoms with Gasteiger partial charge in [0.2, 0.25) is 0 Å². The number of nitrogens with one attached hydrogen (secondary N) is 1. The van der Waals surface area contributed by atoms with Crippen molar-refractivity contribution in [1.82, 2.24) is 9.97 Å². The smallest absolute Gasteiger partial charge is 0.387 e. The molecular formula is C10H10F2N2O. The zero-order valence-electron chi connectivity index (χ0n) is 8.13. The van der Waals surface area contributed by atoms with E-state index < -0.39 is 6.61 Å². The molecule has 0 radical (unpaired) electrons. The number of aromatic nitrogens is 2. The quantitative estimate of drug-likeness (QED) is 0.849. The van der Waals surface area contributed by atoms with E-state index in [1.54, 1.807) is 6.07 Å². The Bertz CT molecular complexity index is 467. The number of hydrogen-bond acceptors (Lipinski definition) is 2. The first-order valence-electron chi connectivity index (χ1n) is 4.62. The third kappa shape index (κ3) is 2.06. The number of aromatic amines is 1. The van der Waals surface area contributed by atoms with Crippen LogP contribution in [0.2, 0.25) is 0 Å². The summed E-state index contributed by atoms with van der Waals surface area (Å²) in [5.41, 5.74) is 1.47. The highest BCUT2D eigenvalue weighted by Gasteiger charge is 2.06. The number of halogens is 2. The molecule has 2 rings (SSSR count). The lowest BCUT2D eigenvalue weighted by atomic mass is 10.3. The summed E-state index contributed by atoms with van der Waals surface area (Å²) in [6.45, 7) is -0.829. The third-order valence-corrected chi connectivity index (χ3v) is 2.06. The largest absolute Gasteiger partial charge is 0.435 e. The highest BCUT2D eigenvalue weighted by molar-refractivity contribution is 5.76. The van der Waals surface area contributed by atoms with Gasteiger partial charge in [-0.3, -0.25) is 0 Å². The lowest BCUT2D eigenvalue weighted by Crippen LogP contribution is -2.01. The summed E-state index contributed by atoms with van der Waals surface area (Å²) in [4.78, 5) is 7.28. The molecule has 0 aliphatic carbocycles. The number of H-pyrrole nitrogens is 1. The van der Waals surface area contributed by atoms with Crippen LogP contribution in [0.4, 0.5) is 8.78 Å². The van der Waals surface area contributed by atoms with Gasteiger partial charge in [-0.2, -0.15) is 8.78 Å². The van der Waals surface area contributed by atoms with Crippen LogP contribution in [0, 0.1) is 0 Å². The minimum absolute atomic E-state index is 0.142. The number of benzene rings is 1. The third-order valence-electron chi connectivity index (χ3n) is 2.06. The summed E-state index contributed by atoms with van der Waals surface area (Å²) in [5, 5.41) is 0. The van der Waals surface area contributed by atoms with Crippen molar-refractivity contribution in [2.24, 2.45) is 0 Å². The van der Waals surface area contributed by atoms with Gasteiger partial charge >= 0.3 is 6.61 Å². The second-order valence-electron chi connectivity index (χ2n) is 3.09. The molecule has 1 N–H and O–H groups in total. The molecule has 80 valence electrons. The molecule has 1 aromatic carbocycles. The maximum Gasteiger partial charge on any atom is 0.387 e. The predicted octanol–water partition coefficient (Wildman–Crippen LogP) is 2.73. The average molecular weight is 212 g/mol. The summed E-state index contributed by atoms with van der Waals surface area (Å²) in [7, 11) is 0. The molecule has 5 heteroatoms. The van der Waals surface area contributed by atoms with E-state index >= 15 is 0 Å². The highest BCUT2D eigenvalue weighted by Crippen LogP contribution is 2.20. The monoisotopic (exact) mass is 212 g/mol. The molecule has 1 aromatic heterocycles. The Morgan fingerprint density at radius 2 is 2.27 bits per heavy atom. The van der Waals surface area contributed by atoms with Crippen LogP contribution < -0.4 is 4.74 Å². The normalized spacial score (nSPS) is 11.2. The lowest BCUT2D eigenvalue weighted by molar-refractivity contribution is -0.0497. The second-order valence-corrected chi connectivity index (χ2v) is 3.09. The van der Waals surface area contributed by atoms with Gasteiger partial charge in [-0.1, -0.05) is 6.92 Å². The van der Waals surface area contributed by atoms with E-state index in [9.17, 15) is 8.78 Å². The summed E-state index contributed by atoms with van der Waals surface area (Å²) in [6.07, 6.45) is 0.777. The van der Waals surface area contributed by atoms with Crippen LogP contribution in [-0.4, -0.2) is 16.6 Å². The topological polar surface area (TPSA) is 37.9 Å². The van der Waals surface area contributed by atoms with Crippen molar-refractivity contribution in [3.05, 3.63) is 24.0 Å². The Hall–Kier alpha value is -1.65. The first-order chi connectivity index (χ1) is 7.19. The van der Waals surface area contributed by atoms with Crippen LogP contribution in [0.25, 0.3) is 11.0 Å². The van der Waals surface area contributed by atoms with Gasteiger partial charge in [0.25, 0.3) is 0 Å². The minimum Gasteiger partial charge on any atom is -0.435 e. The van der Waals surface area contributed by atoms with E-state index in [4.69, 9.17) is 0 Å². The van der Waals surface area contributed by atoms with Gasteiger partial charge in [0.15, 0.2) is 0 Å². The first-order valence-corrected chi connectivity index (χ1v) is 4.62. The summed E-state index contributed by atoms with van der Waals surface area (Å²) >= 11 is 0. The minimum atomic E-state index is -2.80. The van der Waals surface area contributed by atoms with Crippen molar-refractivity contribution < 1.29 is 13.5 Å².